The lowest BCUT2D eigenvalue weighted by molar-refractivity contribution is -0.124. The number of amides is 1. The molecule has 23 heavy (non-hydrogen) atoms. The van der Waals surface area contributed by atoms with Gasteiger partial charge in [-0.2, -0.15) is 0 Å². The van der Waals surface area contributed by atoms with Crippen LogP contribution in [0.5, 0.6) is 5.75 Å². The van der Waals surface area contributed by atoms with Gasteiger partial charge in [0.05, 0.1) is 7.11 Å². The number of benzene rings is 2. The van der Waals surface area contributed by atoms with Crippen LogP contribution in [0.4, 0.5) is 0 Å². The maximum atomic E-state index is 12.2. The lowest BCUT2D eigenvalue weighted by Crippen LogP contribution is -2.35. The summed E-state index contributed by atoms with van der Waals surface area (Å²) in [5.74, 6) is -0.463. The Bertz CT molecular complexity index is 711. The zero-order valence-electron chi connectivity index (χ0n) is 13.6. The molecule has 0 bridgehead atoms. The second-order valence-corrected chi connectivity index (χ2v) is 5.35. The Kier molecular flexibility index (Phi) is 5.57. The van der Waals surface area contributed by atoms with Crippen LogP contribution in [0.3, 0.4) is 0 Å². The molecule has 0 unspecified atom stereocenters. The summed E-state index contributed by atoms with van der Waals surface area (Å²) in [6, 6.07) is 11.2. The van der Waals surface area contributed by atoms with Gasteiger partial charge in [0.1, 0.15) is 11.3 Å². The number of ether oxygens (including phenoxy) is 2. The van der Waals surface area contributed by atoms with Crippen molar-refractivity contribution < 1.29 is 19.1 Å². The van der Waals surface area contributed by atoms with E-state index in [2.05, 4.69) is 5.32 Å². The van der Waals surface area contributed by atoms with Crippen LogP contribution in [0.2, 0.25) is 0 Å². The highest BCUT2D eigenvalue weighted by Gasteiger charge is 2.17. The summed E-state index contributed by atoms with van der Waals surface area (Å²) in [4.78, 5) is 23.9. The Morgan fingerprint density at radius 2 is 1.83 bits per heavy atom. The van der Waals surface area contributed by atoms with E-state index in [4.69, 9.17) is 9.47 Å². The third-order valence-electron chi connectivity index (χ3n) is 3.64. The van der Waals surface area contributed by atoms with Crippen LogP contribution in [-0.2, 0) is 9.53 Å². The molecule has 0 spiro atoms. The van der Waals surface area contributed by atoms with Crippen molar-refractivity contribution in [1.82, 2.24) is 5.32 Å². The van der Waals surface area contributed by atoms with Gasteiger partial charge in [-0.15, -0.1) is 0 Å². The first-order valence-corrected chi connectivity index (χ1v) is 7.58. The summed E-state index contributed by atoms with van der Waals surface area (Å²) in [5, 5.41) is 4.62. The van der Waals surface area contributed by atoms with Crippen LogP contribution in [0.1, 0.15) is 30.6 Å². The van der Waals surface area contributed by atoms with Gasteiger partial charge < -0.3 is 14.8 Å². The lowest BCUT2D eigenvalue weighted by Gasteiger charge is -2.13. The van der Waals surface area contributed by atoms with Gasteiger partial charge >= 0.3 is 5.97 Å². The molecular weight excluding hydrogens is 294 g/mol. The van der Waals surface area contributed by atoms with E-state index in [-0.39, 0.29) is 18.6 Å². The third-order valence-corrected chi connectivity index (χ3v) is 3.64. The Morgan fingerprint density at radius 3 is 2.43 bits per heavy atom. The van der Waals surface area contributed by atoms with E-state index in [0.29, 0.717) is 11.3 Å². The number of methoxy groups -OCH3 is 1. The van der Waals surface area contributed by atoms with Crippen molar-refractivity contribution in [3.8, 4) is 5.75 Å². The minimum Gasteiger partial charge on any atom is -0.496 e. The van der Waals surface area contributed by atoms with Gasteiger partial charge in [-0.3, -0.25) is 4.79 Å². The minimum absolute atomic E-state index is 0.0522. The van der Waals surface area contributed by atoms with Crippen molar-refractivity contribution in [1.29, 1.82) is 0 Å². The molecule has 0 aliphatic heterocycles. The number of carbonyl (C=O) groups excluding carboxylic acids is 2. The summed E-state index contributed by atoms with van der Waals surface area (Å²) in [6.07, 6.45) is 0.818. The molecule has 0 aromatic heterocycles. The number of fused-ring (bicyclic) bond motifs is 1. The molecule has 1 atom stereocenters. The summed E-state index contributed by atoms with van der Waals surface area (Å²) in [5.41, 5.74) is 0.308. The van der Waals surface area contributed by atoms with E-state index >= 15 is 0 Å². The average Bonchev–Trinajstić information content (AvgIpc) is 2.58. The zero-order valence-corrected chi connectivity index (χ0v) is 13.6. The Balaban J connectivity index is 2.12. The predicted molar refractivity (Wildman–Crippen MR) is 88.7 cm³/mol. The molecule has 0 saturated carbocycles. The van der Waals surface area contributed by atoms with Crippen LogP contribution in [-0.4, -0.2) is 31.6 Å². The Morgan fingerprint density at radius 1 is 1.17 bits per heavy atom. The molecular formula is C18H21NO4. The van der Waals surface area contributed by atoms with E-state index in [1.165, 1.54) is 7.11 Å². The van der Waals surface area contributed by atoms with Gasteiger partial charge in [-0.25, -0.2) is 4.79 Å². The van der Waals surface area contributed by atoms with Crippen LogP contribution < -0.4 is 10.1 Å². The van der Waals surface area contributed by atoms with Crippen LogP contribution in [0.15, 0.2) is 36.4 Å². The fourth-order valence-corrected chi connectivity index (χ4v) is 2.18. The SMILES string of the molecule is CC[C@@H](C)NC(=O)COC(=O)c1cc2ccccc2cc1OC. The fourth-order valence-electron chi connectivity index (χ4n) is 2.18. The largest absolute Gasteiger partial charge is 0.496 e. The topological polar surface area (TPSA) is 64.6 Å². The van der Waals surface area contributed by atoms with E-state index in [1.807, 2.05) is 38.1 Å². The monoisotopic (exact) mass is 315 g/mol. The molecule has 0 fully saturated rings. The fraction of sp³-hybridized carbons (Fsp3) is 0.333. The predicted octanol–water partition coefficient (Wildman–Crippen LogP) is 2.92. The molecule has 122 valence electrons. The second kappa shape index (κ2) is 7.63. The van der Waals surface area contributed by atoms with Crippen LogP contribution in [0.25, 0.3) is 10.8 Å². The number of rotatable bonds is 6. The van der Waals surface area contributed by atoms with Gasteiger partial charge in [-0.1, -0.05) is 31.2 Å². The van der Waals surface area contributed by atoms with Crippen molar-refractivity contribution in [3.05, 3.63) is 42.0 Å². The zero-order chi connectivity index (χ0) is 16.8. The highest BCUT2D eigenvalue weighted by molar-refractivity contribution is 5.99. The number of esters is 1. The van der Waals surface area contributed by atoms with Gasteiger partial charge in [-0.05, 0) is 36.2 Å². The number of hydrogen-bond donors (Lipinski definition) is 1. The lowest BCUT2D eigenvalue weighted by atomic mass is 10.1. The average molecular weight is 315 g/mol. The van der Waals surface area contributed by atoms with Crippen LogP contribution >= 0.6 is 0 Å². The summed E-state index contributed by atoms with van der Waals surface area (Å²) >= 11 is 0. The highest BCUT2D eigenvalue weighted by atomic mass is 16.5. The van der Waals surface area contributed by atoms with Crippen LogP contribution in [0, 0.1) is 0 Å². The van der Waals surface area contributed by atoms with Crippen molar-refractivity contribution >= 4 is 22.6 Å². The maximum Gasteiger partial charge on any atom is 0.342 e. The molecule has 1 amide bonds. The molecule has 2 aromatic carbocycles. The smallest absolute Gasteiger partial charge is 0.342 e. The summed E-state index contributed by atoms with van der Waals surface area (Å²) < 4.78 is 10.4. The molecule has 2 aromatic rings. The van der Waals surface area contributed by atoms with Crippen molar-refractivity contribution in [3.63, 3.8) is 0 Å². The van der Waals surface area contributed by atoms with Gasteiger partial charge in [0.25, 0.3) is 5.91 Å². The quantitative estimate of drug-likeness (QED) is 0.833. The Labute approximate surface area is 135 Å². The first-order valence-electron chi connectivity index (χ1n) is 7.58. The van der Waals surface area contributed by atoms with E-state index < -0.39 is 5.97 Å². The molecule has 5 heteroatoms. The van der Waals surface area contributed by atoms with Crippen molar-refractivity contribution in [2.24, 2.45) is 0 Å². The van der Waals surface area contributed by atoms with Gasteiger partial charge in [0.2, 0.25) is 0 Å². The summed E-state index contributed by atoms with van der Waals surface area (Å²) in [7, 11) is 1.50. The molecule has 2 rings (SSSR count). The molecule has 0 saturated heterocycles. The molecule has 0 radical (unpaired) electrons. The third kappa shape index (κ3) is 4.22. The normalized spacial score (nSPS) is 11.8. The van der Waals surface area contributed by atoms with Crippen molar-refractivity contribution in [2.45, 2.75) is 26.3 Å². The molecule has 0 aliphatic rings. The highest BCUT2D eigenvalue weighted by Crippen LogP contribution is 2.26. The summed E-state index contributed by atoms with van der Waals surface area (Å²) in [6.45, 7) is 3.56. The first kappa shape index (κ1) is 16.8. The van der Waals surface area contributed by atoms with Crippen molar-refractivity contribution in [2.75, 3.05) is 13.7 Å². The standard InChI is InChI=1S/C18H21NO4/c1-4-12(2)19-17(20)11-23-18(21)15-9-13-7-5-6-8-14(13)10-16(15)22-3/h5-10,12H,4,11H2,1-3H3,(H,19,20)/t12-/m1/s1. The molecule has 0 aliphatic carbocycles. The molecule has 5 nitrogen and oxygen atoms in total. The number of carbonyl (C=O) groups is 2. The van der Waals surface area contributed by atoms with E-state index in [1.54, 1.807) is 12.1 Å². The first-order chi connectivity index (χ1) is 11.0. The van der Waals surface area contributed by atoms with Gasteiger partial charge in [0.15, 0.2) is 6.61 Å². The second-order valence-electron chi connectivity index (χ2n) is 5.35. The molecule has 0 heterocycles. The van der Waals surface area contributed by atoms with E-state index in [9.17, 15) is 9.59 Å². The van der Waals surface area contributed by atoms with Gasteiger partial charge in [0, 0.05) is 6.04 Å². The van der Waals surface area contributed by atoms with E-state index in [0.717, 1.165) is 17.2 Å². The maximum absolute atomic E-state index is 12.2. The molecule has 1 N–H and O–H groups in total. The Hall–Kier alpha value is -2.56. The minimum atomic E-state index is -0.577. The number of hydrogen-bond acceptors (Lipinski definition) is 4. The number of nitrogens with one attached hydrogen (secondary N) is 1.